The molecule has 1 unspecified atom stereocenters. The number of aliphatic carboxylic acids is 1. The Hall–Kier alpha value is -1.20. The van der Waals surface area contributed by atoms with Crippen molar-refractivity contribution in [3.63, 3.8) is 0 Å². The number of nitrogens with zero attached hydrogens (tertiary/aromatic N) is 1. The Balaban J connectivity index is 2.04. The van der Waals surface area contributed by atoms with Crippen LogP contribution in [0.2, 0.25) is 0 Å². The molecule has 1 aliphatic carbocycles. The van der Waals surface area contributed by atoms with Crippen molar-refractivity contribution in [2.75, 3.05) is 6.54 Å². The van der Waals surface area contributed by atoms with Gasteiger partial charge in [-0.25, -0.2) is 13.6 Å². The Morgan fingerprint density at radius 1 is 1.05 bits per heavy atom. The highest BCUT2D eigenvalue weighted by molar-refractivity contribution is 5.85. The molecule has 1 saturated carbocycles. The van der Waals surface area contributed by atoms with Crippen LogP contribution in [0.25, 0.3) is 0 Å². The Bertz CT molecular complexity index is 377. The minimum absolute atomic E-state index is 0.161. The normalized spacial score (nSPS) is 27.9. The van der Waals surface area contributed by atoms with Crippen LogP contribution >= 0.6 is 0 Å². The average Bonchev–Trinajstić information content (AvgIpc) is 2.63. The number of carboxylic acid groups (broad SMARTS) is 1. The van der Waals surface area contributed by atoms with Gasteiger partial charge in [0.05, 0.1) is 0 Å². The molecule has 0 spiro atoms. The third-order valence-electron chi connectivity index (χ3n) is 4.39. The van der Waals surface area contributed by atoms with E-state index in [0.717, 1.165) is 19.3 Å². The number of hydrogen-bond acceptors (Lipinski definition) is 2. The fourth-order valence-corrected chi connectivity index (χ4v) is 3.15. The second kappa shape index (κ2) is 6.06. The summed E-state index contributed by atoms with van der Waals surface area (Å²) in [5.41, 5.74) is 0. The van der Waals surface area contributed by atoms with Gasteiger partial charge in [-0.3, -0.25) is 4.79 Å². The highest BCUT2D eigenvalue weighted by Gasteiger charge is 2.40. The Kier molecular flexibility index (Phi) is 4.60. The molecule has 1 saturated heterocycles. The van der Waals surface area contributed by atoms with Crippen molar-refractivity contribution >= 4 is 11.9 Å². The van der Waals surface area contributed by atoms with Crippen molar-refractivity contribution in [3.8, 4) is 0 Å². The minimum Gasteiger partial charge on any atom is -0.480 e. The highest BCUT2D eigenvalue weighted by Crippen LogP contribution is 2.37. The molecule has 4 nitrogen and oxygen atoms in total. The van der Waals surface area contributed by atoms with Crippen LogP contribution in [0.15, 0.2) is 0 Å². The molecule has 1 atom stereocenters. The van der Waals surface area contributed by atoms with E-state index in [1.54, 1.807) is 0 Å². The summed E-state index contributed by atoms with van der Waals surface area (Å²) in [6.07, 6.45) is 2.75. The maximum Gasteiger partial charge on any atom is 0.326 e. The van der Waals surface area contributed by atoms with E-state index in [0.29, 0.717) is 13.0 Å². The van der Waals surface area contributed by atoms with Gasteiger partial charge in [0.15, 0.2) is 0 Å². The van der Waals surface area contributed by atoms with E-state index < -0.39 is 23.9 Å². The molecular weight excluding hydrogens is 268 g/mol. The topological polar surface area (TPSA) is 57.6 Å². The lowest BCUT2D eigenvalue weighted by atomic mass is 9.85. The summed E-state index contributed by atoms with van der Waals surface area (Å²) in [5.74, 6) is -4.33. The summed E-state index contributed by atoms with van der Waals surface area (Å²) >= 11 is 0. The number of likely N-dealkylation sites (tertiary alicyclic amines) is 1. The lowest BCUT2D eigenvalue weighted by Gasteiger charge is -2.34. The number of carbonyl (C=O) groups excluding carboxylic acids is 1. The number of hydrogen-bond donors (Lipinski definition) is 1. The minimum atomic E-state index is -2.66. The molecule has 2 aliphatic rings. The van der Waals surface area contributed by atoms with E-state index in [2.05, 4.69) is 0 Å². The zero-order valence-electron chi connectivity index (χ0n) is 11.5. The lowest BCUT2D eigenvalue weighted by Crippen LogP contribution is -2.48. The quantitative estimate of drug-likeness (QED) is 0.850. The van der Waals surface area contributed by atoms with Crippen LogP contribution < -0.4 is 0 Å². The second-order valence-electron chi connectivity index (χ2n) is 5.87. The van der Waals surface area contributed by atoms with Crippen molar-refractivity contribution in [2.45, 2.75) is 63.3 Å². The van der Waals surface area contributed by atoms with Gasteiger partial charge in [-0.1, -0.05) is 12.8 Å². The highest BCUT2D eigenvalue weighted by atomic mass is 19.3. The number of amides is 1. The van der Waals surface area contributed by atoms with Gasteiger partial charge in [0, 0.05) is 25.3 Å². The predicted octanol–water partition coefficient (Wildman–Crippen LogP) is 2.67. The molecule has 1 heterocycles. The molecule has 2 rings (SSSR count). The summed E-state index contributed by atoms with van der Waals surface area (Å²) in [6, 6.07) is -0.785. The summed E-state index contributed by atoms with van der Waals surface area (Å²) in [5, 5.41) is 9.25. The maximum atomic E-state index is 13.1. The maximum absolute atomic E-state index is 13.1. The van der Waals surface area contributed by atoms with Gasteiger partial charge in [-0.2, -0.15) is 0 Å². The first-order valence-electron chi connectivity index (χ1n) is 7.32. The first-order valence-corrected chi connectivity index (χ1v) is 7.32. The van der Waals surface area contributed by atoms with E-state index in [-0.39, 0.29) is 31.6 Å². The fraction of sp³-hybridized carbons (Fsp3) is 0.857. The molecular formula is C14H21F2NO3. The molecule has 114 valence electrons. The summed E-state index contributed by atoms with van der Waals surface area (Å²) < 4.78 is 26.3. The van der Waals surface area contributed by atoms with Crippen LogP contribution in [0.1, 0.15) is 51.4 Å². The average molecular weight is 289 g/mol. The molecule has 2 fully saturated rings. The van der Waals surface area contributed by atoms with Crippen LogP contribution in [-0.2, 0) is 9.59 Å². The smallest absolute Gasteiger partial charge is 0.326 e. The van der Waals surface area contributed by atoms with Gasteiger partial charge in [-0.15, -0.1) is 0 Å². The zero-order chi connectivity index (χ0) is 14.8. The molecule has 0 aromatic heterocycles. The van der Waals surface area contributed by atoms with E-state index in [4.69, 9.17) is 0 Å². The SMILES string of the molecule is O=C(O)C1CCCCCN1C(=O)C1CCC(F)(F)CC1. The van der Waals surface area contributed by atoms with Gasteiger partial charge in [0.2, 0.25) is 11.8 Å². The predicted molar refractivity (Wildman–Crippen MR) is 68.5 cm³/mol. The monoisotopic (exact) mass is 289 g/mol. The molecule has 0 radical (unpaired) electrons. The Morgan fingerprint density at radius 2 is 1.70 bits per heavy atom. The fourth-order valence-electron chi connectivity index (χ4n) is 3.15. The number of alkyl halides is 2. The van der Waals surface area contributed by atoms with Gasteiger partial charge in [-0.05, 0) is 25.7 Å². The Morgan fingerprint density at radius 3 is 2.30 bits per heavy atom. The number of carboxylic acids is 1. The summed E-state index contributed by atoms with van der Waals surface area (Å²) in [7, 11) is 0. The van der Waals surface area contributed by atoms with Gasteiger partial charge in [0.1, 0.15) is 6.04 Å². The standard InChI is InChI=1S/C14H21F2NO3/c15-14(16)7-5-10(6-8-14)12(18)17-9-3-1-2-4-11(17)13(19)20/h10-11H,1-9H2,(H,19,20). The molecule has 1 N–H and O–H groups in total. The van der Waals surface area contributed by atoms with Crippen molar-refractivity contribution < 1.29 is 23.5 Å². The van der Waals surface area contributed by atoms with E-state index in [1.807, 2.05) is 0 Å². The van der Waals surface area contributed by atoms with Crippen LogP contribution in [0, 0.1) is 5.92 Å². The number of carbonyl (C=O) groups is 2. The first kappa shape index (κ1) is 15.2. The van der Waals surface area contributed by atoms with Crippen molar-refractivity contribution in [1.82, 2.24) is 4.90 Å². The third kappa shape index (κ3) is 3.46. The van der Waals surface area contributed by atoms with Crippen LogP contribution in [0.5, 0.6) is 0 Å². The summed E-state index contributed by atoms with van der Waals surface area (Å²) in [6.45, 7) is 0.433. The van der Waals surface area contributed by atoms with Gasteiger partial charge < -0.3 is 10.0 Å². The largest absolute Gasteiger partial charge is 0.480 e. The van der Waals surface area contributed by atoms with E-state index >= 15 is 0 Å². The van der Waals surface area contributed by atoms with E-state index in [9.17, 15) is 23.5 Å². The van der Waals surface area contributed by atoms with Gasteiger partial charge in [0.25, 0.3) is 0 Å². The van der Waals surface area contributed by atoms with Crippen molar-refractivity contribution in [3.05, 3.63) is 0 Å². The van der Waals surface area contributed by atoms with Crippen LogP contribution in [-0.4, -0.2) is 40.4 Å². The zero-order valence-corrected chi connectivity index (χ0v) is 11.5. The molecule has 0 aromatic rings. The van der Waals surface area contributed by atoms with Crippen molar-refractivity contribution in [1.29, 1.82) is 0 Å². The van der Waals surface area contributed by atoms with Gasteiger partial charge >= 0.3 is 5.97 Å². The van der Waals surface area contributed by atoms with E-state index in [1.165, 1.54) is 4.90 Å². The molecule has 6 heteroatoms. The number of rotatable bonds is 2. The molecule has 0 bridgehead atoms. The van der Waals surface area contributed by atoms with Crippen LogP contribution in [0.3, 0.4) is 0 Å². The lowest BCUT2D eigenvalue weighted by molar-refractivity contribution is -0.154. The summed E-state index contributed by atoms with van der Waals surface area (Å²) in [4.78, 5) is 25.2. The molecule has 20 heavy (non-hydrogen) atoms. The molecule has 1 amide bonds. The van der Waals surface area contributed by atoms with Crippen LogP contribution in [0.4, 0.5) is 8.78 Å². The Labute approximate surface area is 117 Å². The first-order chi connectivity index (χ1) is 9.41. The molecule has 1 aliphatic heterocycles. The molecule has 0 aromatic carbocycles. The third-order valence-corrected chi connectivity index (χ3v) is 4.39. The number of halogens is 2. The second-order valence-corrected chi connectivity index (χ2v) is 5.87. The van der Waals surface area contributed by atoms with Crippen molar-refractivity contribution in [2.24, 2.45) is 5.92 Å².